The quantitative estimate of drug-likeness (QED) is 0.593. The number of carbonyl (C=O) groups excluding carboxylic acids is 1. The Morgan fingerprint density at radius 3 is 2.24 bits per heavy atom. The summed E-state index contributed by atoms with van der Waals surface area (Å²) in [5.74, 6) is 0.538. The van der Waals surface area contributed by atoms with Crippen molar-refractivity contribution in [2.45, 2.75) is 20.8 Å². The molecule has 0 fully saturated rings. The minimum absolute atomic E-state index is 0.263. The fourth-order valence-corrected chi connectivity index (χ4v) is 1.45. The molecule has 1 rings (SSSR count). The number of ether oxygens (including phenoxy) is 2. The molecule has 92 valence electrons. The summed E-state index contributed by atoms with van der Waals surface area (Å²) in [6.45, 7) is 5.88. The summed E-state index contributed by atoms with van der Waals surface area (Å²) in [4.78, 5) is 11.6. The van der Waals surface area contributed by atoms with Gasteiger partial charge in [-0.15, -0.1) is 0 Å². The third kappa shape index (κ3) is 3.34. The van der Waals surface area contributed by atoms with Crippen molar-refractivity contribution in [3.05, 3.63) is 35.4 Å². The highest BCUT2D eigenvalue weighted by Gasteiger charge is 2.09. The van der Waals surface area contributed by atoms with Crippen LogP contribution in [0.25, 0.3) is 5.57 Å². The van der Waals surface area contributed by atoms with Crippen molar-refractivity contribution in [2.75, 3.05) is 13.7 Å². The molecule has 3 nitrogen and oxygen atoms in total. The van der Waals surface area contributed by atoms with E-state index in [1.807, 2.05) is 31.2 Å². The Hall–Kier alpha value is -1.77. The zero-order valence-corrected chi connectivity index (χ0v) is 10.7. The summed E-state index contributed by atoms with van der Waals surface area (Å²) in [5.41, 5.74) is 2.56. The highest BCUT2D eigenvalue weighted by Crippen LogP contribution is 2.21. The Bertz CT molecular complexity index is 416. The summed E-state index contributed by atoms with van der Waals surface area (Å²) in [7, 11) is 1.63. The van der Waals surface area contributed by atoms with Crippen molar-refractivity contribution in [2.24, 2.45) is 0 Å². The molecule has 0 aromatic heterocycles. The number of esters is 1. The molecule has 0 aliphatic heterocycles. The number of allylic oxidation sites excluding steroid dienone is 1. The van der Waals surface area contributed by atoms with Crippen LogP contribution in [0.4, 0.5) is 0 Å². The average molecular weight is 234 g/mol. The smallest absolute Gasteiger partial charge is 0.333 e. The fourth-order valence-electron chi connectivity index (χ4n) is 1.45. The molecule has 0 radical (unpaired) electrons. The zero-order chi connectivity index (χ0) is 12.8. The van der Waals surface area contributed by atoms with Crippen LogP contribution in [0.1, 0.15) is 26.3 Å². The lowest BCUT2D eigenvalue weighted by molar-refractivity contribution is -0.138. The number of carbonyl (C=O) groups is 1. The lowest BCUT2D eigenvalue weighted by Crippen LogP contribution is -2.06. The topological polar surface area (TPSA) is 35.5 Å². The second-order valence-electron chi connectivity index (χ2n) is 3.70. The molecular weight excluding hydrogens is 216 g/mol. The molecule has 0 heterocycles. The van der Waals surface area contributed by atoms with Gasteiger partial charge >= 0.3 is 5.97 Å². The molecule has 0 atom stereocenters. The summed E-state index contributed by atoms with van der Waals surface area (Å²) in [6, 6.07) is 7.60. The largest absolute Gasteiger partial charge is 0.497 e. The van der Waals surface area contributed by atoms with E-state index in [0.717, 1.165) is 16.9 Å². The molecule has 0 N–H and O–H groups in total. The van der Waals surface area contributed by atoms with Gasteiger partial charge in [0.15, 0.2) is 0 Å². The van der Waals surface area contributed by atoms with Crippen LogP contribution in [0.3, 0.4) is 0 Å². The average Bonchev–Trinajstić information content (AvgIpc) is 2.37. The molecule has 17 heavy (non-hydrogen) atoms. The van der Waals surface area contributed by atoms with E-state index in [2.05, 4.69) is 0 Å². The highest BCUT2D eigenvalue weighted by atomic mass is 16.5. The van der Waals surface area contributed by atoms with Gasteiger partial charge in [0, 0.05) is 5.57 Å². The van der Waals surface area contributed by atoms with Gasteiger partial charge in [-0.2, -0.15) is 0 Å². The van der Waals surface area contributed by atoms with Gasteiger partial charge in [0.2, 0.25) is 0 Å². The Morgan fingerprint density at radius 1 is 1.18 bits per heavy atom. The first-order chi connectivity index (χ1) is 8.10. The minimum atomic E-state index is -0.263. The number of methoxy groups -OCH3 is 1. The standard InChI is InChI=1S/C14H18O3/c1-5-17-14(15)11(3)10(2)12-6-8-13(16-4)9-7-12/h6-9H,5H2,1-4H3/b11-10+. The van der Waals surface area contributed by atoms with Crippen molar-refractivity contribution < 1.29 is 14.3 Å². The van der Waals surface area contributed by atoms with E-state index in [1.165, 1.54) is 0 Å². The zero-order valence-electron chi connectivity index (χ0n) is 10.7. The highest BCUT2D eigenvalue weighted by molar-refractivity contribution is 5.96. The third-order valence-electron chi connectivity index (χ3n) is 2.67. The second kappa shape index (κ2) is 6.09. The minimum Gasteiger partial charge on any atom is -0.497 e. The van der Waals surface area contributed by atoms with Gasteiger partial charge in [0.25, 0.3) is 0 Å². The molecule has 0 unspecified atom stereocenters. The molecule has 0 saturated carbocycles. The van der Waals surface area contributed by atoms with E-state index in [-0.39, 0.29) is 5.97 Å². The van der Waals surface area contributed by atoms with Gasteiger partial charge in [-0.25, -0.2) is 4.79 Å². The molecule has 0 amide bonds. The van der Waals surface area contributed by atoms with E-state index in [4.69, 9.17) is 9.47 Å². The van der Waals surface area contributed by atoms with Crippen molar-refractivity contribution in [3.63, 3.8) is 0 Å². The Balaban J connectivity index is 2.97. The van der Waals surface area contributed by atoms with Crippen LogP contribution in [-0.2, 0) is 9.53 Å². The maximum absolute atomic E-state index is 11.6. The van der Waals surface area contributed by atoms with Crippen LogP contribution in [-0.4, -0.2) is 19.7 Å². The number of hydrogen-bond acceptors (Lipinski definition) is 3. The predicted molar refractivity (Wildman–Crippen MR) is 67.9 cm³/mol. The van der Waals surface area contributed by atoms with E-state index < -0.39 is 0 Å². The van der Waals surface area contributed by atoms with Gasteiger partial charge in [-0.3, -0.25) is 0 Å². The van der Waals surface area contributed by atoms with Crippen LogP contribution in [0.2, 0.25) is 0 Å². The molecular formula is C14H18O3. The van der Waals surface area contributed by atoms with E-state index in [0.29, 0.717) is 12.2 Å². The summed E-state index contributed by atoms with van der Waals surface area (Å²) >= 11 is 0. The van der Waals surface area contributed by atoms with Crippen molar-refractivity contribution in [1.29, 1.82) is 0 Å². The number of hydrogen-bond donors (Lipinski definition) is 0. The maximum Gasteiger partial charge on any atom is 0.333 e. The lowest BCUT2D eigenvalue weighted by Gasteiger charge is -2.08. The summed E-state index contributed by atoms with van der Waals surface area (Å²) < 4.78 is 10.1. The predicted octanol–water partition coefficient (Wildman–Crippen LogP) is 3.05. The SMILES string of the molecule is CCOC(=O)/C(C)=C(\C)c1ccc(OC)cc1. The van der Waals surface area contributed by atoms with Crippen LogP contribution in [0, 0.1) is 0 Å². The lowest BCUT2D eigenvalue weighted by atomic mass is 10.0. The summed E-state index contributed by atoms with van der Waals surface area (Å²) in [6.07, 6.45) is 0. The number of rotatable bonds is 4. The Labute approximate surface area is 102 Å². The van der Waals surface area contributed by atoms with Crippen LogP contribution in [0.5, 0.6) is 5.75 Å². The van der Waals surface area contributed by atoms with Gasteiger partial charge in [0.1, 0.15) is 5.75 Å². The molecule has 3 heteroatoms. The van der Waals surface area contributed by atoms with E-state index >= 15 is 0 Å². The summed E-state index contributed by atoms with van der Waals surface area (Å²) in [5, 5.41) is 0. The Kier molecular flexibility index (Phi) is 4.76. The molecule has 0 aliphatic carbocycles. The number of benzene rings is 1. The first-order valence-electron chi connectivity index (χ1n) is 5.59. The maximum atomic E-state index is 11.6. The van der Waals surface area contributed by atoms with Gasteiger partial charge < -0.3 is 9.47 Å². The molecule has 0 spiro atoms. The molecule has 0 bridgehead atoms. The molecule has 0 saturated heterocycles. The van der Waals surface area contributed by atoms with Crippen molar-refractivity contribution in [1.82, 2.24) is 0 Å². The first kappa shape index (κ1) is 13.3. The van der Waals surface area contributed by atoms with Crippen LogP contribution >= 0.6 is 0 Å². The van der Waals surface area contributed by atoms with E-state index in [9.17, 15) is 4.79 Å². The van der Waals surface area contributed by atoms with Crippen LogP contribution < -0.4 is 4.74 Å². The first-order valence-corrected chi connectivity index (χ1v) is 5.59. The molecule has 1 aromatic carbocycles. The van der Waals surface area contributed by atoms with Gasteiger partial charge in [-0.1, -0.05) is 12.1 Å². The molecule has 1 aromatic rings. The normalized spacial score (nSPS) is 11.8. The van der Waals surface area contributed by atoms with E-state index in [1.54, 1.807) is 21.0 Å². The Morgan fingerprint density at radius 2 is 1.76 bits per heavy atom. The van der Waals surface area contributed by atoms with Gasteiger partial charge in [0.05, 0.1) is 13.7 Å². The fraction of sp³-hybridized carbons (Fsp3) is 0.357. The van der Waals surface area contributed by atoms with Crippen molar-refractivity contribution in [3.8, 4) is 5.75 Å². The van der Waals surface area contributed by atoms with Crippen molar-refractivity contribution >= 4 is 11.5 Å². The third-order valence-corrected chi connectivity index (χ3v) is 2.67. The monoisotopic (exact) mass is 234 g/mol. The van der Waals surface area contributed by atoms with Gasteiger partial charge in [-0.05, 0) is 44.0 Å². The van der Waals surface area contributed by atoms with Crippen LogP contribution in [0.15, 0.2) is 29.8 Å². The molecule has 0 aliphatic rings. The second-order valence-corrected chi connectivity index (χ2v) is 3.70.